The number of pyridine rings is 1. The van der Waals surface area contributed by atoms with Crippen LogP contribution in [0.25, 0.3) is 22.6 Å². The fourth-order valence-electron chi connectivity index (χ4n) is 2.83. The third-order valence-electron chi connectivity index (χ3n) is 3.96. The van der Waals surface area contributed by atoms with Crippen molar-refractivity contribution in [2.45, 2.75) is 6.92 Å². The van der Waals surface area contributed by atoms with Gasteiger partial charge in [-0.25, -0.2) is 4.40 Å². The lowest BCUT2D eigenvalue weighted by Crippen LogP contribution is -2.17. The maximum Gasteiger partial charge on any atom is 0.291 e. The SMILES string of the molecule is Br.Cc1ccc(-c2c[n+]3ccccc3n2-c2ccccc2)cc1. The molecular weight excluding hydrogens is 348 g/mol. The molecule has 0 aliphatic carbocycles. The lowest BCUT2D eigenvalue weighted by atomic mass is 10.1. The molecule has 4 rings (SSSR count). The van der Waals surface area contributed by atoms with Crippen LogP contribution in [0.4, 0.5) is 0 Å². The molecule has 2 aromatic carbocycles. The molecule has 114 valence electrons. The van der Waals surface area contributed by atoms with Crippen molar-refractivity contribution >= 4 is 22.6 Å². The fourth-order valence-corrected chi connectivity index (χ4v) is 2.83. The summed E-state index contributed by atoms with van der Waals surface area (Å²) in [6.45, 7) is 2.12. The molecule has 0 N–H and O–H groups in total. The Kier molecular flexibility index (Phi) is 4.30. The van der Waals surface area contributed by atoms with E-state index >= 15 is 0 Å². The second-order valence-electron chi connectivity index (χ2n) is 5.52. The highest BCUT2D eigenvalue weighted by atomic mass is 79.9. The number of halogens is 1. The number of aromatic nitrogens is 2. The number of hydrogen-bond acceptors (Lipinski definition) is 0. The van der Waals surface area contributed by atoms with Gasteiger partial charge in [-0.05, 0) is 25.1 Å². The van der Waals surface area contributed by atoms with E-state index < -0.39 is 0 Å². The Morgan fingerprint density at radius 1 is 0.783 bits per heavy atom. The summed E-state index contributed by atoms with van der Waals surface area (Å²) in [5.74, 6) is 0. The minimum atomic E-state index is 0. The van der Waals surface area contributed by atoms with Crippen molar-refractivity contribution < 1.29 is 4.40 Å². The summed E-state index contributed by atoms with van der Waals surface area (Å²) in [6, 6.07) is 25.5. The molecule has 0 amide bonds. The van der Waals surface area contributed by atoms with E-state index in [4.69, 9.17) is 0 Å². The monoisotopic (exact) mass is 365 g/mol. The first-order valence-electron chi connectivity index (χ1n) is 7.47. The minimum Gasteiger partial charge on any atom is -0.202 e. The molecule has 0 aliphatic rings. The average molecular weight is 366 g/mol. The van der Waals surface area contributed by atoms with Crippen molar-refractivity contribution in [3.63, 3.8) is 0 Å². The zero-order valence-corrected chi connectivity index (χ0v) is 14.6. The smallest absolute Gasteiger partial charge is 0.202 e. The van der Waals surface area contributed by atoms with Crippen LogP contribution in [-0.4, -0.2) is 4.57 Å². The molecule has 0 unspecified atom stereocenters. The molecule has 2 aromatic heterocycles. The van der Waals surface area contributed by atoms with Crippen LogP contribution >= 0.6 is 17.0 Å². The van der Waals surface area contributed by atoms with Gasteiger partial charge in [0.05, 0.1) is 6.20 Å². The van der Waals surface area contributed by atoms with Crippen LogP contribution in [0.2, 0.25) is 0 Å². The van der Waals surface area contributed by atoms with Crippen molar-refractivity contribution in [1.82, 2.24) is 4.57 Å². The first kappa shape index (κ1) is 15.5. The van der Waals surface area contributed by atoms with Gasteiger partial charge < -0.3 is 0 Å². The molecule has 0 radical (unpaired) electrons. The van der Waals surface area contributed by atoms with Crippen LogP contribution in [0, 0.1) is 6.92 Å². The van der Waals surface area contributed by atoms with Crippen LogP contribution < -0.4 is 4.40 Å². The number of rotatable bonds is 2. The topological polar surface area (TPSA) is 9.03 Å². The summed E-state index contributed by atoms with van der Waals surface area (Å²) < 4.78 is 4.47. The molecule has 0 saturated carbocycles. The van der Waals surface area contributed by atoms with E-state index in [2.05, 4.69) is 95.0 Å². The predicted octanol–water partition coefficient (Wildman–Crippen LogP) is 4.77. The summed E-state index contributed by atoms with van der Waals surface area (Å²) in [4.78, 5) is 0. The van der Waals surface area contributed by atoms with Crippen LogP contribution in [0.3, 0.4) is 0 Å². The first-order valence-corrected chi connectivity index (χ1v) is 7.47. The molecular formula is C20H18BrN2+. The van der Waals surface area contributed by atoms with Crippen LogP contribution in [0.15, 0.2) is 85.2 Å². The predicted molar refractivity (Wildman–Crippen MR) is 99.4 cm³/mol. The number of benzene rings is 2. The van der Waals surface area contributed by atoms with Gasteiger partial charge in [0.15, 0.2) is 5.69 Å². The summed E-state index contributed by atoms with van der Waals surface area (Å²) in [5.41, 5.74) is 6.02. The molecule has 0 saturated heterocycles. The Morgan fingerprint density at radius 3 is 2.22 bits per heavy atom. The Morgan fingerprint density at radius 2 is 1.48 bits per heavy atom. The summed E-state index contributed by atoms with van der Waals surface area (Å²) in [6.07, 6.45) is 4.28. The second kappa shape index (κ2) is 6.39. The second-order valence-corrected chi connectivity index (χ2v) is 5.52. The van der Waals surface area contributed by atoms with Crippen LogP contribution in [0.1, 0.15) is 5.56 Å². The fraction of sp³-hybridized carbons (Fsp3) is 0.0500. The van der Waals surface area contributed by atoms with E-state index in [0.717, 1.165) is 5.65 Å². The number of fused-ring (bicyclic) bond motifs is 1. The van der Waals surface area contributed by atoms with Gasteiger partial charge >= 0.3 is 0 Å². The van der Waals surface area contributed by atoms with Gasteiger partial charge in [-0.1, -0.05) is 54.1 Å². The molecule has 3 heteroatoms. The molecule has 0 aliphatic heterocycles. The maximum absolute atomic E-state index is 2.30. The standard InChI is InChI=1S/C20H17N2.BrH/c1-16-10-12-17(13-11-16)19-15-21-14-6-5-9-20(21)22(19)18-7-3-2-4-8-18;/h2-15H,1H3;1H/q+1;. The number of nitrogens with zero attached hydrogens (tertiary/aromatic N) is 2. The zero-order valence-electron chi connectivity index (χ0n) is 12.9. The van der Waals surface area contributed by atoms with Crippen molar-refractivity contribution in [3.8, 4) is 16.9 Å². The molecule has 23 heavy (non-hydrogen) atoms. The number of hydrogen-bond donors (Lipinski definition) is 0. The third kappa shape index (κ3) is 2.80. The highest BCUT2D eigenvalue weighted by molar-refractivity contribution is 8.93. The van der Waals surface area contributed by atoms with E-state index in [1.807, 2.05) is 6.07 Å². The lowest BCUT2D eigenvalue weighted by Gasteiger charge is -2.03. The maximum atomic E-state index is 2.30. The van der Waals surface area contributed by atoms with Crippen molar-refractivity contribution in [3.05, 3.63) is 90.8 Å². The molecule has 0 atom stereocenters. The normalized spacial score (nSPS) is 10.5. The van der Waals surface area contributed by atoms with Crippen molar-refractivity contribution in [2.24, 2.45) is 0 Å². The molecule has 0 bridgehead atoms. The van der Waals surface area contributed by atoms with Crippen molar-refractivity contribution in [2.75, 3.05) is 0 Å². The first-order chi connectivity index (χ1) is 10.8. The Labute approximate surface area is 146 Å². The van der Waals surface area contributed by atoms with Gasteiger partial charge in [0.25, 0.3) is 5.65 Å². The van der Waals surface area contributed by atoms with Gasteiger partial charge in [0.1, 0.15) is 11.9 Å². The number of para-hydroxylation sites is 1. The quantitative estimate of drug-likeness (QED) is 0.452. The van der Waals surface area contributed by atoms with Gasteiger partial charge in [-0.2, -0.15) is 4.57 Å². The Balaban J connectivity index is 0.00000156. The largest absolute Gasteiger partial charge is 0.291 e. The number of imidazole rings is 1. The van der Waals surface area contributed by atoms with E-state index in [-0.39, 0.29) is 17.0 Å². The highest BCUT2D eigenvalue weighted by Crippen LogP contribution is 2.25. The Hall–Kier alpha value is -2.39. The summed E-state index contributed by atoms with van der Waals surface area (Å²) in [7, 11) is 0. The average Bonchev–Trinajstić information content (AvgIpc) is 2.96. The van der Waals surface area contributed by atoms with Gasteiger partial charge in [-0.3, -0.25) is 0 Å². The molecule has 0 spiro atoms. The minimum absolute atomic E-state index is 0. The van der Waals surface area contributed by atoms with Crippen molar-refractivity contribution in [1.29, 1.82) is 0 Å². The van der Waals surface area contributed by atoms with Crippen LogP contribution in [0.5, 0.6) is 0 Å². The van der Waals surface area contributed by atoms with Gasteiger partial charge in [0, 0.05) is 11.6 Å². The van der Waals surface area contributed by atoms with E-state index in [9.17, 15) is 0 Å². The number of aryl methyl sites for hydroxylation is 1. The molecule has 4 aromatic rings. The van der Waals surface area contributed by atoms with E-state index in [1.54, 1.807) is 0 Å². The third-order valence-corrected chi connectivity index (χ3v) is 3.96. The summed E-state index contributed by atoms with van der Waals surface area (Å²) in [5, 5.41) is 0. The Bertz CT molecular complexity index is 925. The molecule has 2 heterocycles. The highest BCUT2D eigenvalue weighted by Gasteiger charge is 2.20. The lowest BCUT2D eigenvalue weighted by molar-refractivity contribution is -0.510. The van der Waals surface area contributed by atoms with E-state index in [0.29, 0.717) is 0 Å². The summed E-state index contributed by atoms with van der Waals surface area (Å²) >= 11 is 0. The zero-order chi connectivity index (χ0) is 14.9. The van der Waals surface area contributed by atoms with Gasteiger partial charge in [-0.15, -0.1) is 17.0 Å². The van der Waals surface area contributed by atoms with E-state index in [1.165, 1.54) is 22.5 Å². The molecule has 0 fully saturated rings. The van der Waals surface area contributed by atoms with Crippen LogP contribution in [-0.2, 0) is 0 Å². The van der Waals surface area contributed by atoms with Gasteiger partial charge in [0.2, 0.25) is 0 Å². The molecule has 2 nitrogen and oxygen atoms in total.